The second kappa shape index (κ2) is 6.00. The molecule has 2 aromatic heterocycles. The summed E-state index contributed by atoms with van der Waals surface area (Å²) in [5.41, 5.74) is 8.87. The van der Waals surface area contributed by atoms with Crippen LogP contribution < -0.4 is 5.73 Å². The van der Waals surface area contributed by atoms with E-state index in [0.717, 1.165) is 15.7 Å². The van der Waals surface area contributed by atoms with Crippen LogP contribution in [-0.2, 0) is 0 Å². The van der Waals surface area contributed by atoms with Crippen LogP contribution in [0, 0.1) is 11.3 Å². The second-order valence-corrected chi connectivity index (χ2v) is 6.31. The number of hydrogen-bond donors (Lipinski definition) is 1. The monoisotopic (exact) mass is 390 g/mol. The lowest BCUT2D eigenvalue weighted by Crippen LogP contribution is -2.01. The number of rotatable bonds is 2. The maximum absolute atomic E-state index is 9.08. The van der Waals surface area contributed by atoms with Crippen molar-refractivity contribution in [3.05, 3.63) is 64.8 Å². The van der Waals surface area contributed by atoms with Gasteiger partial charge < -0.3 is 5.73 Å². The third-order valence-electron chi connectivity index (χ3n) is 3.78. The molecule has 0 amide bonds. The number of hydrogen-bond acceptors (Lipinski definition) is 5. The zero-order valence-corrected chi connectivity index (χ0v) is 14.5. The molecule has 0 fully saturated rings. The first-order valence-corrected chi connectivity index (χ1v) is 8.23. The van der Waals surface area contributed by atoms with E-state index >= 15 is 0 Å². The van der Waals surface area contributed by atoms with Crippen LogP contribution in [0.1, 0.15) is 5.56 Å². The van der Waals surface area contributed by atoms with E-state index in [0.29, 0.717) is 28.2 Å². The van der Waals surface area contributed by atoms with Crippen LogP contribution in [0.15, 0.2) is 59.2 Å². The lowest BCUT2D eigenvalue weighted by Gasteiger charge is -2.06. The smallest absolute Gasteiger partial charge is 0.169 e. The fourth-order valence-corrected chi connectivity index (χ4v) is 2.82. The second-order valence-electron chi connectivity index (χ2n) is 5.40. The summed E-state index contributed by atoms with van der Waals surface area (Å²) >= 11 is 3.42. The molecule has 4 rings (SSSR count). The van der Waals surface area contributed by atoms with Crippen molar-refractivity contribution < 1.29 is 0 Å². The van der Waals surface area contributed by atoms with Gasteiger partial charge in [0.2, 0.25) is 0 Å². The number of halogens is 1. The minimum absolute atomic E-state index is 0.353. The number of benzene rings is 2. The van der Waals surface area contributed by atoms with Gasteiger partial charge in [-0.3, -0.25) is 0 Å². The van der Waals surface area contributed by atoms with Gasteiger partial charge >= 0.3 is 0 Å². The normalized spacial score (nSPS) is 10.7. The molecular weight excluding hydrogens is 380 g/mol. The minimum Gasteiger partial charge on any atom is -0.383 e. The van der Waals surface area contributed by atoms with Crippen molar-refractivity contribution in [2.75, 3.05) is 5.73 Å². The SMILES string of the molecule is N#Cc1cccc(-c2nc(N)c3cnn(-c4ccc(Br)cc4)c3n2)c1. The molecule has 25 heavy (non-hydrogen) atoms. The van der Waals surface area contributed by atoms with Crippen LogP contribution >= 0.6 is 15.9 Å². The third kappa shape index (κ3) is 2.73. The van der Waals surface area contributed by atoms with E-state index in [1.54, 1.807) is 29.1 Å². The molecule has 0 radical (unpaired) electrons. The maximum atomic E-state index is 9.08. The predicted octanol–water partition coefficient (Wildman–Crippen LogP) is 3.70. The highest BCUT2D eigenvalue weighted by Gasteiger charge is 2.13. The molecular formula is C18H11BrN6. The lowest BCUT2D eigenvalue weighted by molar-refractivity contribution is 0.896. The number of nitrogen functional groups attached to an aromatic ring is 1. The Hall–Kier alpha value is -3.24. The van der Waals surface area contributed by atoms with Gasteiger partial charge in [-0.15, -0.1) is 0 Å². The Kier molecular flexibility index (Phi) is 3.67. The van der Waals surface area contributed by atoms with Crippen molar-refractivity contribution in [2.45, 2.75) is 0 Å². The standard InChI is InChI=1S/C18H11BrN6/c19-13-4-6-14(7-5-13)25-18-15(10-22-25)16(21)23-17(24-18)12-3-1-2-11(8-12)9-20/h1-8,10H,(H2,21,23,24). The van der Waals surface area contributed by atoms with Crippen molar-refractivity contribution in [1.29, 1.82) is 5.26 Å². The highest BCUT2D eigenvalue weighted by atomic mass is 79.9. The Morgan fingerprint density at radius 1 is 1.08 bits per heavy atom. The molecule has 0 aliphatic heterocycles. The summed E-state index contributed by atoms with van der Waals surface area (Å²) in [6.45, 7) is 0. The first-order valence-electron chi connectivity index (χ1n) is 7.43. The molecule has 0 aliphatic rings. The zero-order chi connectivity index (χ0) is 17.4. The average molecular weight is 391 g/mol. The van der Waals surface area contributed by atoms with Gasteiger partial charge in [-0.25, -0.2) is 14.6 Å². The van der Waals surface area contributed by atoms with Gasteiger partial charge in [-0.1, -0.05) is 28.1 Å². The summed E-state index contributed by atoms with van der Waals surface area (Å²) in [5.74, 6) is 0.812. The van der Waals surface area contributed by atoms with Crippen molar-refractivity contribution in [2.24, 2.45) is 0 Å². The van der Waals surface area contributed by atoms with Gasteiger partial charge in [0.25, 0.3) is 0 Å². The van der Waals surface area contributed by atoms with E-state index in [4.69, 9.17) is 11.0 Å². The topological polar surface area (TPSA) is 93.4 Å². The summed E-state index contributed by atoms with van der Waals surface area (Å²) in [5, 5.41) is 14.2. The molecule has 2 N–H and O–H groups in total. The first kappa shape index (κ1) is 15.3. The molecule has 0 saturated heterocycles. The number of fused-ring (bicyclic) bond motifs is 1. The molecule has 2 heterocycles. The van der Waals surface area contributed by atoms with Crippen molar-refractivity contribution in [1.82, 2.24) is 19.7 Å². The Morgan fingerprint density at radius 2 is 1.88 bits per heavy atom. The van der Waals surface area contributed by atoms with E-state index in [9.17, 15) is 0 Å². The fraction of sp³-hybridized carbons (Fsp3) is 0. The van der Waals surface area contributed by atoms with Crippen LogP contribution in [0.2, 0.25) is 0 Å². The minimum atomic E-state index is 0.353. The van der Waals surface area contributed by atoms with Gasteiger partial charge in [0, 0.05) is 10.0 Å². The van der Waals surface area contributed by atoms with Crippen LogP contribution in [0.4, 0.5) is 5.82 Å². The molecule has 0 spiro atoms. The van der Waals surface area contributed by atoms with Gasteiger partial charge in [0.1, 0.15) is 5.82 Å². The van der Waals surface area contributed by atoms with E-state index in [2.05, 4.69) is 37.1 Å². The molecule has 0 unspecified atom stereocenters. The molecule has 6 nitrogen and oxygen atoms in total. The summed E-state index contributed by atoms with van der Waals surface area (Å²) in [4.78, 5) is 8.99. The number of anilines is 1. The predicted molar refractivity (Wildman–Crippen MR) is 98.9 cm³/mol. The largest absolute Gasteiger partial charge is 0.383 e. The van der Waals surface area contributed by atoms with E-state index < -0.39 is 0 Å². The van der Waals surface area contributed by atoms with Crippen molar-refractivity contribution in [3.63, 3.8) is 0 Å². The van der Waals surface area contributed by atoms with Crippen molar-refractivity contribution in [3.8, 4) is 23.1 Å². The highest BCUT2D eigenvalue weighted by molar-refractivity contribution is 9.10. The quantitative estimate of drug-likeness (QED) is 0.563. The number of nitrogens with two attached hydrogens (primary N) is 1. The number of nitrogens with zero attached hydrogens (tertiary/aromatic N) is 5. The summed E-state index contributed by atoms with van der Waals surface area (Å²) in [6.07, 6.45) is 1.65. The van der Waals surface area contributed by atoms with Gasteiger partial charge in [-0.2, -0.15) is 10.4 Å². The Morgan fingerprint density at radius 3 is 2.64 bits per heavy atom. The van der Waals surface area contributed by atoms with Crippen LogP contribution in [0.25, 0.3) is 28.1 Å². The highest BCUT2D eigenvalue weighted by Crippen LogP contribution is 2.25. The van der Waals surface area contributed by atoms with E-state index in [1.807, 2.05) is 30.3 Å². The van der Waals surface area contributed by atoms with Crippen LogP contribution in [0.3, 0.4) is 0 Å². The molecule has 4 aromatic rings. The van der Waals surface area contributed by atoms with Crippen LogP contribution in [-0.4, -0.2) is 19.7 Å². The summed E-state index contributed by atoms with van der Waals surface area (Å²) < 4.78 is 2.70. The Labute approximate surface area is 151 Å². The summed E-state index contributed by atoms with van der Waals surface area (Å²) in [6, 6.07) is 17.0. The van der Waals surface area contributed by atoms with E-state index in [-0.39, 0.29) is 0 Å². The maximum Gasteiger partial charge on any atom is 0.169 e. The zero-order valence-electron chi connectivity index (χ0n) is 12.9. The van der Waals surface area contributed by atoms with Gasteiger partial charge in [-0.05, 0) is 36.4 Å². The first-order chi connectivity index (χ1) is 12.2. The fourth-order valence-electron chi connectivity index (χ4n) is 2.56. The van der Waals surface area contributed by atoms with Gasteiger partial charge in [0.05, 0.1) is 28.9 Å². The van der Waals surface area contributed by atoms with E-state index in [1.165, 1.54) is 0 Å². The van der Waals surface area contributed by atoms with Crippen molar-refractivity contribution >= 4 is 32.8 Å². The third-order valence-corrected chi connectivity index (χ3v) is 4.31. The molecule has 0 bridgehead atoms. The molecule has 7 heteroatoms. The average Bonchev–Trinajstić information content (AvgIpc) is 3.07. The molecule has 0 atom stereocenters. The molecule has 0 saturated carbocycles. The molecule has 2 aromatic carbocycles. The van der Waals surface area contributed by atoms with Crippen LogP contribution in [0.5, 0.6) is 0 Å². The Balaban J connectivity index is 1.92. The van der Waals surface area contributed by atoms with Gasteiger partial charge in [0.15, 0.2) is 11.5 Å². The Bertz CT molecular complexity index is 1120. The number of nitriles is 1. The summed E-state index contributed by atoms with van der Waals surface area (Å²) in [7, 11) is 0. The molecule has 0 aliphatic carbocycles. The lowest BCUT2D eigenvalue weighted by atomic mass is 10.1. The number of aromatic nitrogens is 4. The molecule has 120 valence electrons.